The summed E-state index contributed by atoms with van der Waals surface area (Å²) in [6.45, 7) is 0.689. The first kappa shape index (κ1) is 15.5. The lowest BCUT2D eigenvalue weighted by Crippen LogP contribution is -2.55. The Hall–Kier alpha value is -2.37. The highest BCUT2D eigenvalue weighted by molar-refractivity contribution is 5.76. The van der Waals surface area contributed by atoms with Crippen LogP contribution >= 0.6 is 0 Å². The van der Waals surface area contributed by atoms with E-state index in [9.17, 15) is 5.11 Å². The minimum atomic E-state index is -0.0845. The Balaban J connectivity index is 1.65. The van der Waals surface area contributed by atoms with Crippen molar-refractivity contribution in [2.24, 2.45) is 10.9 Å². The molecule has 0 saturated heterocycles. The fourth-order valence-electron chi connectivity index (χ4n) is 2.91. The second-order valence-electron chi connectivity index (χ2n) is 6.05. The van der Waals surface area contributed by atoms with Crippen LogP contribution < -0.4 is 14.9 Å². The highest BCUT2D eigenvalue weighted by atomic mass is 16.5. The van der Waals surface area contributed by atoms with Crippen molar-refractivity contribution in [2.75, 3.05) is 12.1 Å². The predicted molar refractivity (Wildman–Crippen MR) is 84.7 cm³/mol. The van der Waals surface area contributed by atoms with Gasteiger partial charge in [-0.2, -0.15) is 5.01 Å². The summed E-state index contributed by atoms with van der Waals surface area (Å²) < 4.78 is 5.17. The number of hydrogen-bond acceptors (Lipinski definition) is 5. The van der Waals surface area contributed by atoms with Gasteiger partial charge in [0.1, 0.15) is 6.54 Å². The van der Waals surface area contributed by atoms with Gasteiger partial charge in [0.05, 0.1) is 11.8 Å². The third-order valence-electron chi connectivity index (χ3n) is 4.22. The standard InChI is InChI=1S/C17H22N4O2/c1-20(12-14-8-4-2-5-9-14)21-13-16(23-19-21)18-17(22)15-10-6-3-7-11-15/h2,4-5,8-9,13,15H,3,6-7,10-12H2,1H3. The Morgan fingerprint density at radius 1 is 1.30 bits per heavy atom. The molecule has 0 radical (unpaired) electrons. The zero-order chi connectivity index (χ0) is 16.1. The maximum absolute atomic E-state index is 12.2. The molecule has 23 heavy (non-hydrogen) atoms. The van der Waals surface area contributed by atoms with Crippen molar-refractivity contribution in [3.8, 4) is 0 Å². The van der Waals surface area contributed by atoms with Crippen LogP contribution in [0.2, 0.25) is 0 Å². The normalized spacial score (nSPS) is 16.5. The molecular weight excluding hydrogens is 292 g/mol. The molecule has 1 aromatic carbocycles. The molecular formula is C17H22N4O2. The summed E-state index contributed by atoms with van der Waals surface area (Å²) in [5.74, 6) is 0.226. The molecule has 1 fully saturated rings. The van der Waals surface area contributed by atoms with Crippen molar-refractivity contribution in [1.29, 1.82) is 0 Å². The zero-order valence-electron chi connectivity index (χ0n) is 13.4. The Labute approximate surface area is 136 Å². The topological polar surface area (TPSA) is 68.6 Å². The summed E-state index contributed by atoms with van der Waals surface area (Å²) in [6, 6.07) is 10.1. The van der Waals surface area contributed by atoms with Gasteiger partial charge in [-0.25, -0.2) is 4.99 Å². The summed E-state index contributed by atoms with van der Waals surface area (Å²) in [5, 5.41) is 18.0. The summed E-state index contributed by atoms with van der Waals surface area (Å²) in [4.78, 5) is 5.65. The Morgan fingerprint density at radius 3 is 2.78 bits per heavy atom. The summed E-state index contributed by atoms with van der Waals surface area (Å²) >= 11 is 0. The molecule has 0 atom stereocenters. The zero-order valence-corrected chi connectivity index (χ0v) is 13.4. The number of aliphatic imine (C=N–C) groups is 1. The summed E-state index contributed by atoms with van der Waals surface area (Å²) in [5.41, 5.74) is 1.17. The van der Waals surface area contributed by atoms with E-state index in [4.69, 9.17) is 4.52 Å². The van der Waals surface area contributed by atoms with Gasteiger partial charge in [0.15, 0.2) is 0 Å². The lowest BCUT2D eigenvalue weighted by Gasteiger charge is -2.25. The van der Waals surface area contributed by atoms with E-state index in [0.717, 1.165) is 25.7 Å². The van der Waals surface area contributed by atoms with Crippen LogP contribution in [-0.2, 0) is 6.54 Å². The van der Waals surface area contributed by atoms with Crippen LogP contribution in [0, 0.1) is 5.92 Å². The molecule has 0 amide bonds. The second-order valence-corrected chi connectivity index (χ2v) is 6.05. The molecule has 1 aliphatic carbocycles. The largest absolute Gasteiger partial charge is 0.861 e. The van der Waals surface area contributed by atoms with Crippen LogP contribution in [0.3, 0.4) is 0 Å². The van der Waals surface area contributed by atoms with E-state index in [1.807, 2.05) is 30.3 Å². The van der Waals surface area contributed by atoms with Crippen molar-refractivity contribution in [3.63, 3.8) is 0 Å². The van der Waals surface area contributed by atoms with Crippen molar-refractivity contribution in [2.45, 2.75) is 38.6 Å². The number of nitrogens with zero attached hydrogens (tertiary/aromatic N) is 4. The number of aromatic nitrogens is 2. The first-order valence-corrected chi connectivity index (χ1v) is 8.12. The maximum Gasteiger partial charge on any atom is 0.324 e. The van der Waals surface area contributed by atoms with Gasteiger partial charge in [-0.1, -0.05) is 49.6 Å². The average molecular weight is 314 g/mol. The summed E-state index contributed by atoms with van der Waals surface area (Å²) in [7, 11) is 1.91. The monoisotopic (exact) mass is 314 g/mol. The van der Waals surface area contributed by atoms with Crippen LogP contribution in [0.1, 0.15) is 37.7 Å². The minimum absolute atomic E-state index is 0.0457. The molecule has 6 heteroatoms. The molecule has 1 aliphatic rings. The fourth-order valence-corrected chi connectivity index (χ4v) is 2.91. The average Bonchev–Trinajstić information content (AvgIpc) is 3.05. The second kappa shape index (κ2) is 7.26. The van der Waals surface area contributed by atoms with Gasteiger partial charge < -0.3 is 5.11 Å². The third kappa shape index (κ3) is 4.09. The highest BCUT2D eigenvalue weighted by Crippen LogP contribution is 2.24. The molecule has 1 aromatic heterocycles. The maximum atomic E-state index is 12.2. The molecule has 0 aliphatic heterocycles. The Bertz CT molecular complexity index is 648. The van der Waals surface area contributed by atoms with Gasteiger partial charge >= 0.3 is 5.88 Å². The van der Waals surface area contributed by atoms with Crippen LogP contribution in [0.25, 0.3) is 0 Å². The first-order valence-electron chi connectivity index (χ1n) is 8.12. The lowest BCUT2D eigenvalue weighted by atomic mass is 9.89. The summed E-state index contributed by atoms with van der Waals surface area (Å²) in [6.07, 6.45) is 6.96. The van der Waals surface area contributed by atoms with Crippen LogP contribution in [0.5, 0.6) is 0 Å². The number of rotatable bonds is 5. The van der Waals surface area contributed by atoms with Crippen LogP contribution in [0.4, 0.5) is 5.88 Å². The molecule has 0 unspecified atom stereocenters. The van der Waals surface area contributed by atoms with E-state index in [2.05, 4.69) is 22.4 Å². The molecule has 1 saturated carbocycles. The third-order valence-corrected chi connectivity index (χ3v) is 4.22. The smallest absolute Gasteiger partial charge is 0.324 e. The van der Waals surface area contributed by atoms with Gasteiger partial charge in [-0.15, -0.1) is 0 Å². The fraction of sp³-hybridized carbons (Fsp3) is 0.471. The Kier molecular flexibility index (Phi) is 4.90. The quantitative estimate of drug-likeness (QED) is 0.478. The van der Waals surface area contributed by atoms with E-state index >= 15 is 0 Å². The minimum Gasteiger partial charge on any atom is -0.861 e. The molecule has 0 spiro atoms. The number of hydrogen-bond donors (Lipinski definition) is 0. The van der Waals surface area contributed by atoms with Crippen LogP contribution in [0.15, 0.2) is 46.0 Å². The molecule has 0 N–H and O–H groups in total. The SMILES string of the molecule is CN(Cc1ccccc1)[n+]1cc(/N=C(/[O-])C2CCCCC2)on1. The first-order chi connectivity index (χ1) is 11.2. The molecule has 6 nitrogen and oxygen atoms in total. The van der Waals surface area contributed by atoms with E-state index in [0.29, 0.717) is 6.54 Å². The highest BCUT2D eigenvalue weighted by Gasteiger charge is 2.18. The van der Waals surface area contributed by atoms with Gasteiger partial charge in [-0.3, -0.25) is 4.52 Å². The van der Waals surface area contributed by atoms with Gasteiger partial charge in [0.2, 0.25) is 5.27 Å². The van der Waals surface area contributed by atoms with Crippen molar-refractivity contribution < 1.29 is 14.4 Å². The molecule has 122 valence electrons. The van der Waals surface area contributed by atoms with Crippen molar-refractivity contribution in [3.05, 3.63) is 42.1 Å². The van der Waals surface area contributed by atoms with Crippen LogP contribution in [-0.4, -0.2) is 18.2 Å². The molecule has 1 heterocycles. The van der Waals surface area contributed by atoms with Crippen molar-refractivity contribution >= 4 is 11.8 Å². The van der Waals surface area contributed by atoms with Gasteiger partial charge in [0, 0.05) is 0 Å². The van der Waals surface area contributed by atoms with E-state index < -0.39 is 0 Å². The van der Waals surface area contributed by atoms with E-state index in [1.165, 1.54) is 12.0 Å². The van der Waals surface area contributed by atoms with Gasteiger partial charge in [0.25, 0.3) is 6.20 Å². The van der Waals surface area contributed by atoms with E-state index in [1.54, 1.807) is 11.0 Å². The number of benzene rings is 1. The molecule has 2 aromatic rings. The lowest BCUT2D eigenvalue weighted by molar-refractivity contribution is -0.757. The van der Waals surface area contributed by atoms with Gasteiger partial charge in [-0.05, 0) is 30.2 Å². The molecule has 0 bridgehead atoms. The van der Waals surface area contributed by atoms with Crippen molar-refractivity contribution in [1.82, 2.24) is 5.27 Å². The van der Waals surface area contributed by atoms with E-state index in [-0.39, 0.29) is 17.7 Å². The predicted octanol–water partition coefficient (Wildman–Crippen LogP) is 1.70. The Morgan fingerprint density at radius 2 is 2.04 bits per heavy atom. The molecule has 3 rings (SSSR count).